The Bertz CT molecular complexity index is 417. The Kier molecular flexibility index (Phi) is 3.53. The van der Waals surface area contributed by atoms with E-state index in [9.17, 15) is 5.11 Å². The van der Waals surface area contributed by atoms with Gasteiger partial charge in [-0.2, -0.15) is 0 Å². The average Bonchev–Trinajstić information content (AvgIpc) is 2.66. The monoisotopic (exact) mass is 249 g/mol. The molecule has 1 aromatic carbocycles. The number of aliphatic hydroxyl groups is 1. The number of hydrogen-bond acceptors (Lipinski definition) is 3. The first kappa shape index (κ1) is 13.2. The summed E-state index contributed by atoms with van der Waals surface area (Å²) in [5.41, 5.74) is 0.800. The Labute approximate surface area is 109 Å². The molecule has 0 radical (unpaired) electrons. The molecule has 1 atom stereocenters. The molecule has 18 heavy (non-hydrogen) atoms. The first-order valence-corrected chi connectivity index (χ1v) is 6.57. The van der Waals surface area contributed by atoms with Crippen LogP contribution in [0.15, 0.2) is 24.3 Å². The maximum absolute atomic E-state index is 9.87. The van der Waals surface area contributed by atoms with E-state index < -0.39 is 0 Å². The van der Waals surface area contributed by atoms with Crippen LogP contribution in [-0.2, 0) is 0 Å². The van der Waals surface area contributed by atoms with Crippen molar-refractivity contribution in [1.29, 1.82) is 0 Å². The van der Waals surface area contributed by atoms with Crippen LogP contribution in [-0.4, -0.2) is 24.4 Å². The fourth-order valence-corrected chi connectivity index (χ4v) is 2.98. The van der Waals surface area contributed by atoms with Gasteiger partial charge in [-0.05, 0) is 30.4 Å². The molecule has 2 rings (SSSR count). The highest BCUT2D eigenvalue weighted by Gasteiger charge is 2.48. The lowest BCUT2D eigenvalue weighted by Crippen LogP contribution is -2.50. The van der Waals surface area contributed by atoms with E-state index in [1.54, 1.807) is 7.11 Å². The molecule has 1 aromatic rings. The number of ether oxygens (including phenoxy) is 1. The van der Waals surface area contributed by atoms with Crippen molar-refractivity contribution in [2.24, 2.45) is 5.41 Å². The second kappa shape index (κ2) is 4.81. The minimum absolute atomic E-state index is 0.0859. The first-order valence-electron chi connectivity index (χ1n) is 6.57. The summed E-state index contributed by atoms with van der Waals surface area (Å²) in [5, 5.41) is 13.4. The quantitative estimate of drug-likeness (QED) is 0.861. The van der Waals surface area contributed by atoms with E-state index in [4.69, 9.17) is 4.74 Å². The largest absolute Gasteiger partial charge is 0.495 e. The lowest BCUT2D eigenvalue weighted by atomic mass is 9.75. The van der Waals surface area contributed by atoms with Crippen LogP contribution in [0.1, 0.15) is 33.1 Å². The second-order valence-electron chi connectivity index (χ2n) is 5.80. The van der Waals surface area contributed by atoms with E-state index in [0.29, 0.717) is 0 Å². The van der Waals surface area contributed by atoms with Gasteiger partial charge in [-0.1, -0.05) is 32.4 Å². The van der Waals surface area contributed by atoms with Crippen LogP contribution in [0.5, 0.6) is 5.75 Å². The molecule has 0 spiro atoms. The van der Waals surface area contributed by atoms with E-state index in [-0.39, 0.29) is 17.6 Å². The van der Waals surface area contributed by atoms with Gasteiger partial charge >= 0.3 is 0 Å². The third-order valence-electron chi connectivity index (χ3n) is 4.45. The molecule has 0 amide bonds. The van der Waals surface area contributed by atoms with E-state index >= 15 is 0 Å². The SMILES string of the molecule is COc1ccccc1NC1(CO)CCCC1(C)C. The fourth-order valence-electron chi connectivity index (χ4n) is 2.98. The number of methoxy groups -OCH3 is 1. The molecule has 0 saturated heterocycles. The summed E-state index contributed by atoms with van der Waals surface area (Å²) in [6.07, 6.45) is 3.28. The number of aliphatic hydroxyl groups excluding tert-OH is 1. The van der Waals surface area contributed by atoms with Gasteiger partial charge < -0.3 is 15.2 Å². The maximum Gasteiger partial charge on any atom is 0.141 e. The summed E-state index contributed by atoms with van der Waals surface area (Å²) < 4.78 is 5.37. The Morgan fingerprint density at radius 1 is 1.28 bits per heavy atom. The van der Waals surface area contributed by atoms with Gasteiger partial charge in [0.05, 0.1) is 24.9 Å². The molecule has 0 aromatic heterocycles. The standard InChI is InChI=1S/C15H23NO2/c1-14(2)9-6-10-15(14,11-17)16-12-7-4-5-8-13(12)18-3/h4-5,7-8,16-17H,6,9-11H2,1-3H3. The highest BCUT2D eigenvalue weighted by atomic mass is 16.5. The zero-order valence-electron chi connectivity index (χ0n) is 11.5. The van der Waals surface area contributed by atoms with Gasteiger partial charge in [0.25, 0.3) is 0 Å². The van der Waals surface area contributed by atoms with Crippen LogP contribution in [0.2, 0.25) is 0 Å². The zero-order valence-corrected chi connectivity index (χ0v) is 11.5. The van der Waals surface area contributed by atoms with Crippen molar-refractivity contribution in [3.05, 3.63) is 24.3 Å². The molecule has 1 saturated carbocycles. The predicted molar refractivity (Wildman–Crippen MR) is 74.1 cm³/mol. The molecule has 0 aliphatic heterocycles. The number of hydrogen-bond donors (Lipinski definition) is 2. The van der Waals surface area contributed by atoms with Gasteiger partial charge in [-0.3, -0.25) is 0 Å². The van der Waals surface area contributed by atoms with Crippen molar-refractivity contribution < 1.29 is 9.84 Å². The molecule has 2 N–H and O–H groups in total. The van der Waals surface area contributed by atoms with Gasteiger partial charge in [-0.25, -0.2) is 0 Å². The Morgan fingerprint density at radius 2 is 2.00 bits per heavy atom. The van der Waals surface area contributed by atoms with Crippen molar-refractivity contribution in [2.75, 3.05) is 19.0 Å². The molecular weight excluding hydrogens is 226 g/mol. The Hall–Kier alpha value is -1.22. The van der Waals surface area contributed by atoms with Crippen LogP contribution >= 0.6 is 0 Å². The lowest BCUT2D eigenvalue weighted by Gasteiger charge is -2.42. The topological polar surface area (TPSA) is 41.5 Å². The highest BCUT2D eigenvalue weighted by molar-refractivity contribution is 5.58. The second-order valence-corrected chi connectivity index (χ2v) is 5.80. The van der Waals surface area contributed by atoms with Crippen LogP contribution in [0.25, 0.3) is 0 Å². The van der Waals surface area contributed by atoms with E-state index in [1.807, 2.05) is 24.3 Å². The van der Waals surface area contributed by atoms with Gasteiger partial charge in [0.1, 0.15) is 5.75 Å². The Morgan fingerprint density at radius 3 is 2.56 bits per heavy atom. The first-order chi connectivity index (χ1) is 8.54. The zero-order chi connectivity index (χ0) is 13.2. The van der Waals surface area contributed by atoms with Gasteiger partial charge in [0.2, 0.25) is 0 Å². The van der Waals surface area contributed by atoms with Crippen LogP contribution in [0.3, 0.4) is 0 Å². The van der Waals surface area contributed by atoms with E-state index in [1.165, 1.54) is 0 Å². The smallest absolute Gasteiger partial charge is 0.141 e. The average molecular weight is 249 g/mol. The summed E-state index contributed by atoms with van der Waals surface area (Å²) >= 11 is 0. The number of benzene rings is 1. The normalized spacial score (nSPS) is 26.0. The third-order valence-corrected chi connectivity index (χ3v) is 4.45. The predicted octanol–water partition coefficient (Wildman–Crippen LogP) is 3.05. The summed E-state index contributed by atoms with van der Waals surface area (Å²) in [6.45, 7) is 4.59. The molecule has 0 heterocycles. The van der Waals surface area contributed by atoms with E-state index in [2.05, 4.69) is 19.2 Å². The van der Waals surface area contributed by atoms with E-state index in [0.717, 1.165) is 30.7 Å². The van der Waals surface area contributed by atoms with Crippen molar-refractivity contribution in [2.45, 2.75) is 38.6 Å². The molecule has 100 valence electrons. The molecule has 3 nitrogen and oxygen atoms in total. The Balaban J connectivity index is 2.31. The molecule has 0 bridgehead atoms. The number of anilines is 1. The van der Waals surface area contributed by atoms with Crippen LogP contribution < -0.4 is 10.1 Å². The van der Waals surface area contributed by atoms with Gasteiger partial charge in [-0.15, -0.1) is 0 Å². The van der Waals surface area contributed by atoms with Gasteiger partial charge in [0, 0.05) is 0 Å². The fraction of sp³-hybridized carbons (Fsp3) is 0.600. The molecule has 1 unspecified atom stereocenters. The molecule has 1 aliphatic carbocycles. The number of para-hydroxylation sites is 2. The highest BCUT2D eigenvalue weighted by Crippen LogP contribution is 2.48. The van der Waals surface area contributed by atoms with Gasteiger partial charge in [0.15, 0.2) is 0 Å². The van der Waals surface area contributed by atoms with Crippen molar-refractivity contribution >= 4 is 5.69 Å². The van der Waals surface area contributed by atoms with Crippen molar-refractivity contribution in [1.82, 2.24) is 0 Å². The molecule has 3 heteroatoms. The number of rotatable bonds is 4. The molecule has 1 fully saturated rings. The van der Waals surface area contributed by atoms with Crippen LogP contribution in [0, 0.1) is 5.41 Å². The summed E-state index contributed by atoms with van der Waals surface area (Å²) in [6, 6.07) is 7.88. The minimum atomic E-state index is -0.248. The summed E-state index contributed by atoms with van der Waals surface area (Å²) in [7, 11) is 1.67. The summed E-state index contributed by atoms with van der Waals surface area (Å²) in [5.74, 6) is 0.827. The van der Waals surface area contributed by atoms with Crippen molar-refractivity contribution in [3.63, 3.8) is 0 Å². The minimum Gasteiger partial charge on any atom is -0.495 e. The van der Waals surface area contributed by atoms with Crippen molar-refractivity contribution in [3.8, 4) is 5.75 Å². The lowest BCUT2D eigenvalue weighted by molar-refractivity contribution is 0.127. The molecule has 1 aliphatic rings. The summed E-state index contributed by atoms with van der Waals surface area (Å²) in [4.78, 5) is 0. The third kappa shape index (κ3) is 2.07. The maximum atomic E-state index is 9.87. The van der Waals surface area contributed by atoms with Crippen LogP contribution in [0.4, 0.5) is 5.69 Å². The number of nitrogens with one attached hydrogen (secondary N) is 1. The molecular formula is C15H23NO2.